The Balaban J connectivity index is 2.12. The van der Waals surface area contributed by atoms with Gasteiger partial charge in [-0.1, -0.05) is 0 Å². The topological polar surface area (TPSA) is 52.7 Å². The maximum atomic E-state index is 12.7. The van der Waals surface area contributed by atoms with Gasteiger partial charge in [0.15, 0.2) is 0 Å². The Morgan fingerprint density at radius 2 is 2.04 bits per heavy atom. The van der Waals surface area contributed by atoms with Gasteiger partial charge in [0.25, 0.3) is 0 Å². The fraction of sp³-hybridized carbons (Fsp3) is 0.684. The fourth-order valence-corrected chi connectivity index (χ4v) is 5.50. The van der Waals surface area contributed by atoms with Crippen LogP contribution in [0, 0.1) is 6.92 Å². The number of thioether (sulfide) groups is 1. The number of thiophene rings is 1. The van der Waals surface area contributed by atoms with E-state index in [4.69, 9.17) is 0 Å². The van der Waals surface area contributed by atoms with Crippen LogP contribution in [0.15, 0.2) is 11.4 Å². The van der Waals surface area contributed by atoms with Gasteiger partial charge in [-0.25, -0.2) is 4.79 Å². The maximum Gasteiger partial charge on any atom is 0.318 e. The number of nitrogens with one attached hydrogen (secondary N) is 1. The lowest BCUT2D eigenvalue weighted by Gasteiger charge is -2.33. The minimum Gasteiger partial charge on any atom is -0.333 e. The van der Waals surface area contributed by atoms with Crippen molar-refractivity contribution in [3.63, 3.8) is 0 Å². The van der Waals surface area contributed by atoms with Crippen molar-refractivity contribution in [3.8, 4) is 0 Å². The highest BCUT2D eigenvalue weighted by Gasteiger charge is 2.39. The number of rotatable bonds is 5. The predicted octanol–water partition coefficient (Wildman–Crippen LogP) is 4.24. The minimum absolute atomic E-state index is 0.0441. The van der Waals surface area contributed by atoms with E-state index in [2.05, 4.69) is 23.7 Å². The van der Waals surface area contributed by atoms with Crippen LogP contribution in [0.3, 0.4) is 0 Å². The second-order valence-electron chi connectivity index (χ2n) is 8.10. The highest BCUT2D eigenvalue weighted by molar-refractivity contribution is 8.01. The molecule has 26 heavy (non-hydrogen) atoms. The molecule has 0 spiro atoms. The molecule has 1 saturated heterocycles. The monoisotopic (exact) mass is 397 g/mol. The van der Waals surface area contributed by atoms with Gasteiger partial charge >= 0.3 is 6.03 Å². The third-order valence-electron chi connectivity index (χ3n) is 4.32. The summed E-state index contributed by atoms with van der Waals surface area (Å²) in [4.78, 5) is 30.3. The van der Waals surface area contributed by atoms with Gasteiger partial charge in [-0.3, -0.25) is 4.79 Å². The second kappa shape index (κ2) is 8.21. The molecule has 146 valence electrons. The number of hydrogen-bond acceptors (Lipinski definition) is 4. The number of hydrogen-bond donors (Lipinski definition) is 1. The van der Waals surface area contributed by atoms with Gasteiger partial charge < -0.3 is 15.1 Å². The van der Waals surface area contributed by atoms with Gasteiger partial charge in [-0.05, 0) is 65.5 Å². The third kappa shape index (κ3) is 4.94. The van der Waals surface area contributed by atoms with Crippen molar-refractivity contribution in [2.45, 2.75) is 70.7 Å². The van der Waals surface area contributed by atoms with E-state index < -0.39 is 0 Å². The summed E-state index contributed by atoms with van der Waals surface area (Å²) < 4.78 is 0. The number of nitrogens with zero attached hydrogens (tertiary/aromatic N) is 2. The summed E-state index contributed by atoms with van der Waals surface area (Å²) >= 11 is 3.40. The second-order valence-corrected chi connectivity index (χ2v) is 10.5. The first-order valence-corrected chi connectivity index (χ1v) is 10.9. The average molecular weight is 398 g/mol. The molecule has 3 amide bonds. The summed E-state index contributed by atoms with van der Waals surface area (Å²) in [5, 5.41) is 5.11. The lowest BCUT2D eigenvalue weighted by atomic mass is 10.1. The van der Waals surface area contributed by atoms with E-state index in [0.717, 1.165) is 0 Å². The van der Waals surface area contributed by atoms with E-state index >= 15 is 0 Å². The quantitative estimate of drug-likeness (QED) is 0.809. The Morgan fingerprint density at radius 3 is 2.54 bits per heavy atom. The van der Waals surface area contributed by atoms with Crippen LogP contribution in [-0.4, -0.2) is 51.7 Å². The first kappa shape index (κ1) is 21.1. The Hall–Kier alpha value is -1.21. The largest absolute Gasteiger partial charge is 0.333 e. The van der Waals surface area contributed by atoms with E-state index in [0.29, 0.717) is 13.1 Å². The molecule has 7 heteroatoms. The highest BCUT2D eigenvalue weighted by Crippen LogP contribution is 2.45. The summed E-state index contributed by atoms with van der Waals surface area (Å²) in [7, 11) is 0. The van der Waals surface area contributed by atoms with Crippen molar-refractivity contribution in [3.05, 3.63) is 21.9 Å². The van der Waals surface area contributed by atoms with Crippen LogP contribution in [0.1, 0.15) is 57.4 Å². The number of amides is 3. The van der Waals surface area contributed by atoms with Crippen LogP contribution in [0.2, 0.25) is 0 Å². The standard InChI is InChI=1S/C19H31N3O2S2/c1-12(2)21(18(24)20-19(5,6)7)9-10-22-16(23)14(4)26-17(22)15-13(3)8-11-25-15/h8,11-12,14,17H,9-10H2,1-7H3,(H,20,24)/t14-,17-/m0/s1. The molecule has 1 aromatic heterocycles. The minimum atomic E-state index is -0.283. The zero-order valence-electron chi connectivity index (χ0n) is 16.8. The van der Waals surface area contributed by atoms with Gasteiger partial charge in [0.1, 0.15) is 5.37 Å². The summed E-state index contributed by atoms with van der Waals surface area (Å²) in [5.74, 6) is 0.160. The van der Waals surface area contributed by atoms with Gasteiger partial charge in [0, 0.05) is 29.5 Å². The van der Waals surface area contributed by atoms with Gasteiger partial charge in [0.2, 0.25) is 5.91 Å². The highest BCUT2D eigenvalue weighted by atomic mass is 32.2. The Bertz CT molecular complexity index is 651. The molecule has 0 radical (unpaired) electrons. The molecule has 1 aromatic rings. The summed E-state index contributed by atoms with van der Waals surface area (Å²) in [6.45, 7) is 15.1. The number of carbonyl (C=O) groups is 2. The van der Waals surface area contributed by atoms with Gasteiger partial charge in [0.05, 0.1) is 5.25 Å². The lowest BCUT2D eigenvalue weighted by molar-refractivity contribution is -0.130. The lowest BCUT2D eigenvalue weighted by Crippen LogP contribution is -2.52. The molecule has 0 unspecified atom stereocenters. The maximum absolute atomic E-state index is 12.7. The number of urea groups is 1. The Labute approximate surface area is 165 Å². The van der Waals surface area contributed by atoms with Crippen LogP contribution in [-0.2, 0) is 4.79 Å². The molecule has 1 N–H and O–H groups in total. The van der Waals surface area contributed by atoms with E-state index in [1.165, 1.54) is 10.4 Å². The molecule has 0 aromatic carbocycles. The van der Waals surface area contributed by atoms with Crippen molar-refractivity contribution in [2.24, 2.45) is 0 Å². The molecular weight excluding hydrogens is 366 g/mol. The van der Waals surface area contributed by atoms with Crippen LogP contribution < -0.4 is 5.32 Å². The van der Waals surface area contributed by atoms with Crippen LogP contribution in [0.4, 0.5) is 4.79 Å². The third-order valence-corrected chi connectivity index (χ3v) is 6.90. The Kier molecular flexibility index (Phi) is 6.66. The summed E-state index contributed by atoms with van der Waals surface area (Å²) in [6, 6.07) is 2.09. The van der Waals surface area contributed by atoms with Gasteiger partial charge in [-0.2, -0.15) is 0 Å². The molecule has 2 atom stereocenters. The molecule has 0 aliphatic carbocycles. The smallest absolute Gasteiger partial charge is 0.318 e. The van der Waals surface area contributed by atoms with Crippen molar-refractivity contribution < 1.29 is 9.59 Å². The van der Waals surface area contributed by atoms with Crippen LogP contribution in [0.5, 0.6) is 0 Å². The summed E-state index contributed by atoms with van der Waals surface area (Å²) in [6.07, 6.45) is 0. The molecule has 2 rings (SSSR count). The number of aryl methyl sites for hydroxylation is 1. The molecule has 1 aliphatic rings. The molecule has 5 nitrogen and oxygen atoms in total. The Morgan fingerprint density at radius 1 is 1.38 bits per heavy atom. The zero-order valence-corrected chi connectivity index (χ0v) is 18.5. The van der Waals surface area contributed by atoms with Crippen molar-refractivity contribution in [1.82, 2.24) is 15.1 Å². The molecular formula is C19H31N3O2S2. The number of carbonyl (C=O) groups excluding carboxylic acids is 2. The van der Waals surface area contributed by atoms with Crippen molar-refractivity contribution in [1.29, 1.82) is 0 Å². The van der Waals surface area contributed by atoms with Gasteiger partial charge in [-0.15, -0.1) is 23.1 Å². The zero-order chi connectivity index (χ0) is 19.6. The molecule has 2 heterocycles. The van der Waals surface area contributed by atoms with E-state index in [1.54, 1.807) is 23.1 Å². The van der Waals surface area contributed by atoms with E-state index in [-0.39, 0.29) is 34.1 Å². The molecule has 0 saturated carbocycles. The summed E-state index contributed by atoms with van der Waals surface area (Å²) in [5.41, 5.74) is 0.944. The average Bonchev–Trinajstić information content (AvgIpc) is 3.03. The molecule has 1 aliphatic heterocycles. The normalized spacial score (nSPS) is 20.8. The van der Waals surface area contributed by atoms with E-state index in [1.807, 2.05) is 51.3 Å². The molecule has 0 bridgehead atoms. The first-order valence-electron chi connectivity index (χ1n) is 9.10. The fourth-order valence-electron chi connectivity index (χ4n) is 2.94. The van der Waals surface area contributed by atoms with Crippen LogP contribution in [0.25, 0.3) is 0 Å². The molecule has 1 fully saturated rings. The van der Waals surface area contributed by atoms with Crippen LogP contribution >= 0.6 is 23.1 Å². The SMILES string of the molecule is Cc1ccsc1[C@@H]1S[C@@H](C)C(=O)N1CCN(C(=O)NC(C)(C)C)C(C)C. The van der Waals surface area contributed by atoms with E-state index in [9.17, 15) is 9.59 Å². The first-order chi connectivity index (χ1) is 12.0. The van der Waals surface area contributed by atoms with Crippen molar-refractivity contribution in [2.75, 3.05) is 13.1 Å². The predicted molar refractivity (Wildman–Crippen MR) is 111 cm³/mol. The van der Waals surface area contributed by atoms with Crippen molar-refractivity contribution >= 4 is 35.0 Å².